The van der Waals surface area contributed by atoms with Crippen molar-refractivity contribution in [2.75, 3.05) is 4.72 Å². The van der Waals surface area contributed by atoms with Gasteiger partial charge in [-0.25, -0.2) is 22.2 Å². The number of aromatic nitrogens is 2. The minimum Gasteiger partial charge on any atom is -0.306 e. The van der Waals surface area contributed by atoms with E-state index in [1.807, 2.05) is 29.7 Å². The van der Waals surface area contributed by atoms with Crippen LogP contribution in [0.4, 0.5) is 14.5 Å². The average Bonchev–Trinajstić information content (AvgIpc) is 3.09. The van der Waals surface area contributed by atoms with Gasteiger partial charge in [-0.1, -0.05) is 24.3 Å². The van der Waals surface area contributed by atoms with Gasteiger partial charge >= 0.3 is 0 Å². The smallest absolute Gasteiger partial charge is 0.262 e. The van der Waals surface area contributed by atoms with E-state index < -0.39 is 21.7 Å². The SMILES string of the molecule is Cc1cccn2cc(-c3ccccc3NS(=O)(=O)c3ccc(F)c(F)c3)nc12. The third-order valence-corrected chi connectivity index (χ3v) is 5.69. The van der Waals surface area contributed by atoms with E-state index in [2.05, 4.69) is 9.71 Å². The zero-order chi connectivity index (χ0) is 19.9. The second-order valence-corrected chi connectivity index (χ2v) is 7.96. The van der Waals surface area contributed by atoms with Gasteiger partial charge in [0.15, 0.2) is 11.6 Å². The summed E-state index contributed by atoms with van der Waals surface area (Å²) in [6.07, 6.45) is 3.65. The van der Waals surface area contributed by atoms with Gasteiger partial charge in [0.05, 0.1) is 16.3 Å². The van der Waals surface area contributed by atoms with Gasteiger partial charge in [-0.05, 0) is 42.8 Å². The summed E-state index contributed by atoms with van der Waals surface area (Å²) < 4.78 is 56.2. The Morgan fingerprint density at radius 1 is 1.00 bits per heavy atom. The number of hydrogen-bond acceptors (Lipinski definition) is 3. The first-order chi connectivity index (χ1) is 13.3. The lowest BCUT2D eigenvalue weighted by Gasteiger charge is -2.11. The highest BCUT2D eigenvalue weighted by Crippen LogP contribution is 2.30. The van der Waals surface area contributed by atoms with Crippen molar-refractivity contribution < 1.29 is 17.2 Å². The Morgan fingerprint density at radius 2 is 1.79 bits per heavy atom. The van der Waals surface area contributed by atoms with E-state index in [0.29, 0.717) is 17.3 Å². The van der Waals surface area contributed by atoms with Gasteiger partial charge in [-0.3, -0.25) is 4.72 Å². The van der Waals surface area contributed by atoms with Crippen molar-refractivity contribution in [2.24, 2.45) is 0 Å². The van der Waals surface area contributed by atoms with Gasteiger partial charge in [0.25, 0.3) is 10.0 Å². The van der Waals surface area contributed by atoms with Crippen molar-refractivity contribution in [1.29, 1.82) is 0 Å². The molecule has 0 unspecified atom stereocenters. The molecule has 0 aliphatic heterocycles. The van der Waals surface area contributed by atoms with Crippen molar-refractivity contribution in [3.63, 3.8) is 0 Å². The number of hydrogen-bond donors (Lipinski definition) is 1. The number of rotatable bonds is 4. The topological polar surface area (TPSA) is 63.5 Å². The Kier molecular flexibility index (Phi) is 4.35. The maximum atomic E-state index is 13.5. The number of aryl methyl sites for hydroxylation is 1. The van der Waals surface area contributed by atoms with Crippen LogP contribution in [0.3, 0.4) is 0 Å². The lowest BCUT2D eigenvalue weighted by atomic mass is 10.1. The number of pyridine rings is 1. The molecule has 0 saturated heterocycles. The first-order valence-electron chi connectivity index (χ1n) is 8.37. The lowest BCUT2D eigenvalue weighted by molar-refractivity contribution is 0.504. The number of halogens is 2. The van der Waals surface area contributed by atoms with Crippen LogP contribution in [0.1, 0.15) is 5.56 Å². The minimum absolute atomic E-state index is 0.285. The molecule has 2 heterocycles. The Bertz CT molecular complexity index is 1300. The molecule has 0 radical (unpaired) electrons. The number of nitrogens with zero attached hydrogens (tertiary/aromatic N) is 2. The van der Waals surface area contributed by atoms with Gasteiger partial charge in [-0.2, -0.15) is 0 Å². The molecule has 0 fully saturated rings. The van der Waals surface area contributed by atoms with Crippen molar-refractivity contribution in [3.05, 3.63) is 84.2 Å². The largest absolute Gasteiger partial charge is 0.306 e. The predicted molar refractivity (Wildman–Crippen MR) is 103 cm³/mol. The van der Waals surface area contributed by atoms with Crippen LogP contribution in [0, 0.1) is 18.6 Å². The molecule has 4 aromatic rings. The Hall–Kier alpha value is -3.26. The molecule has 2 aromatic carbocycles. The highest BCUT2D eigenvalue weighted by Gasteiger charge is 2.19. The molecule has 0 aliphatic carbocycles. The van der Waals surface area contributed by atoms with E-state index in [0.717, 1.165) is 23.3 Å². The summed E-state index contributed by atoms with van der Waals surface area (Å²) in [5.74, 6) is -2.34. The molecular formula is C20H15F2N3O2S. The Morgan fingerprint density at radius 3 is 2.54 bits per heavy atom. The summed E-state index contributed by atoms with van der Waals surface area (Å²) in [6.45, 7) is 1.93. The third-order valence-electron chi connectivity index (χ3n) is 4.33. The van der Waals surface area contributed by atoms with Gasteiger partial charge in [0.1, 0.15) is 5.65 Å². The molecule has 0 saturated carbocycles. The fourth-order valence-corrected chi connectivity index (χ4v) is 4.02. The summed E-state index contributed by atoms with van der Waals surface area (Å²) in [6, 6.07) is 13.0. The molecule has 4 rings (SSSR count). The first-order valence-corrected chi connectivity index (χ1v) is 9.85. The molecule has 28 heavy (non-hydrogen) atoms. The zero-order valence-electron chi connectivity index (χ0n) is 14.7. The summed E-state index contributed by atoms with van der Waals surface area (Å²) >= 11 is 0. The van der Waals surface area contributed by atoms with E-state index in [1.165, 1.54) is 0 Å². The quantitative estimate of drug-likeness (QED) is 0.554. The van der Waals surface area contributed by atoms with E-state index in [1.54, 1.807) is 30.5 Å². The molecule has 0 aliphatic rings. The van der Waals surface area contributed by atoms with Crippen LogP contribution in [-0.2, 0) is 10.0 Å². The highest BCUT2D eigenvalue weighted by atomic mass is 32.2. The Labute approximate surface area is 160 Å². The number of anilines is 1. The van der Waals surface area contributed by atoms with Crippen LogP contribution in [0.15, 0.2) is 71.9 Å². The standard InChI is InChI=1S/C20H15F2N3O2S/c1-13-5-4-10-25-12-19(23-20(13)25)15-6-2-3-7-18(15)24-28(26,27)14-8-9-16(21)17(22)11-14/h2-12,24H,1H3. The molecule has 8 heteroatoms. The van der Waals surface area contributed by atoms with Gasteiger partial charge in [0, 0.05) is 18.0 Å². The van der Waals surface area contributed by atoms with Crippen molar-refractivity contribution in [3.8, 4) is 11.3 Å². The maximum Gasteiger partial charge on any atom is 0.262 e. The van der Waals surface area contributed by atoms with Gasteiger partial charge < -0.3 is 4.40 Å². The fraction of sp³-hybridized carbons (Fsp3) is 0.0500. The van der Waals surface area contributed by atoms with Crippen LogP contribution < -0.4 is 4.72 Å². The number of sulfonamides is 1. The van der Waals surface area contributed by atoms with Crippen molar-refractivity contribution in [1.82, 2.24) is 9.38 Å². The predicted octanol–water partition coefficient (Wildman–Crippen LogP) is 4.39. The van der Waals surface area contributed by atoms with Crippen LogP contribution in [0.5, 0.6) is 0 Å². The molecule has 5 nitrogen and oxygen atoms in total. The minimum atomic E-state index is -4.11. The first kappa shape index (κ1) is 18.1. The van der Waals surface area contributed by atoms with E-state index in [9.17, 15) is 17.2 Å². The summed E-state index contributed by atoms with van der Waals surface area (Å²) in [4.78, 5) is 4.22. The van der Waals surface area contributed by atoms with Crippen LogP contribution in [0.25, 0.3) is 16.9 Å². The molecule has 1 N–H and O–H groups in total. The van der Waals surface area contributed by atoms with Crippen molar-refractivity contribution in [2.45, 2.75) is 11.8 Å². The molecule has 0 amide bonds. The monoisotopic (exact) mass is 399 g/mol. The average molecular weight is 399 g/mol. The normalized spacial score (nSPS) is 11.7. The number of para-hydroxylation sites is 1. The number of nitrogens with one attached hydrogen (secondary N) is 1. The van der Waals surface area contributed by atoms with E-state index >= 15 is 0 Å². The summed E-state index contributed by atoms with van der Waals surface area (Å²) in [5, 5.41) is 0. The molecule has 0 atom stereocenters. The van der Waals surface area contributed by atoms with E-state index in [-0.39, 0.29) is 10.6 Å². The maximum absolute atomic E-state index is 13.5. The number of imidazole rings is 1. The molecule has 142 valence electrons. The Balaban J connectivity index is 1.77. The second-order valence-electron chi connectivity index (χ2n) is 6.28. The van der Waals surface area contributed by atoms with Gasteiger partial charge in [-0.15, -0.1) is 0 Å². The van der Waals surface area contributed by atoms with Gasteiger partial charge in [0.2, 0.25) is 0 Å². The zero-order valence-corrected chi connectivity index (χ0v) is 15.5. The number of fused-ring (bicyclic) bond motifs is 1. The number of benzene rings is 2. The van der Waals surface area contributed by atoms with Crippen LogP contribution >= 0.6 is 0 Å². The molecular weight excluding hydrogens is 384 g/mol. The summed E-state index contributed by atoms with van der Waals surface area (Å²) in [5.41, 5.74) is 3.17. The van der Waals surface area contributed by atoms with Crippen LogP contribution in [0.2, 0.25) is 0 Å². The van der Waals surface area contributed by atoms with Crippen LogP contribution in [-0.4, -0.2) is 17.8 Å². The van der Waals surface area contributed by atoms with E-state index in [4.69, 9.17) is 0 Å². The second kappa shape index (κ2) is 6.72. The molecule has 0 spiro atoms. The lowest BCUT2D eigenvalue weighted by Crippen LogP contribution is -2.14. The molecule has 2 aromatic heterocycles. The molecule has 0 bridgehead atoms. The van der Waals surface area contributed by atoms with Crippen molar-refractivity contribution >= 4 is 21.4 Å². The highest BCUT2D eigenvalue weighted by molar-refractivity contribution is 7.92. The summed E-state index contributed by atoms with van der Waals surface area (Å²) in [7, 11) is -4.11. The third kappa shape index (κ3) is 3.22. The fourth-order valence-electron chi connectivity index (χ4n) is 2.93.